The SMILES string of the molecule is C[C@H](NC(=O)[C@@H](CCCN=C(N)N)NC(=O)C(c1ccccc1)c1ccccc1)c1ccc(O)cc1. The molecule has 8 heteroatoms. The summed E-state index contributed by atoms with van der Waals surface area (Å²) < 4.78 is 0. The van der Waals surface area contributed by atoms with E-state index in [9.17, 15) is 14.7 Å². The van der Waals surface area contributed by atoms with Crippen molar-refractivity contribution in [1.82, 2.24) is 10.6 Å². The molecule has 0 spiro atoms. The number of nitrogens with one attached hydrogen (secondary N) is 2. The summed E-state index contributed by atoms with van der Waals surface area (Å²) in [6, 6.07) is 24.4. The van der Waals surface area contributed by atoms with Gasteiger partial charge in [-0.1, -0.05) is 72.8 Å². The number of carbonyl (C=O) groups excluding carboxylic acids is 2. The van der Waals surface area contributed by atoms with Crippen molar-refractivity contribution in [3.8, 4) is 5.75 Å². The van der Waals surface area contributed by atoms with Crippen LogP contribution in [0.5, 0.6) is 5.75 Å². The second-order valence-corrected chi connectivity index (χ2v) is 8.59. The molecular weight excluding hydrogens is 454 g/mol. The fourth-order valence-corrected chi connectivity index (χ4v) is 3.97. The highest BCUT2D eigenvalue weighted by molar-refractivity contribution is 5.92. The monoisotopic (exact) mass is 487 g/mol. The highest BCUT2D eigenvalue weighted by atomic mass is 16.3. The number of phenols is 1. The molecule has 0 bridgehead atoms. The van der Waals surface area contributed by atoms with Gasteiger partial charge >= 0.3 is 0 Å². The summed E-state index contributed by atoms with van der Waals surface area (Å²) in [6.07, 6.45) is 0.859. The first-order valence-electron chi connectivity index (χ1n) is 11.9. The Morgan fingerprint density at radius 3 is 1.89 bits per heavy atom. The number of rotatable bonds is 11. The molecule has 0 saturated carbocycles. The van der Waals surface area contributed by atoms with E-state index < -0.39 is 12.0 Å². The molecule has 3 aromatic carbocycles. The number of aliphatic imine (C=N–C) groups is 1. The number of nitrogens with two attached hydrogens (primary N) is 2. The van der Waals surface area contributed by atoms with Crippen LogP contribution in [0.4, 0.5) is 0 Å². The number of aromatic hydroxyl groups is 1. The van der Waals surface area contributed by atoms with Gasteiger partial charge in [-0.2, -0.15) is 0 Å². The first kappa shape index (κ1) is 26.3. The second-order valence-electron chi connectivity index (χ2n) is 8.59. The Bertz CT molecular complexity index is 1110. The molecule has 0 aliphatic heterocycles. The molecule has 188 valence electrons. The first-order chi connectivity index (χ1) is 17.3. The second kappa shape index (κ2) is 12.9. The predicted octanol–water partition coefficient (Wildman–Crippen LogP) is 2.94. The van der Waals surface area contributed by atoms with Crippen molar-refractivity contribution >= 4 is 17.8 Å². The lowest BCUT2D eigenvalue weighted by atomic mass is 9.90. The molecule has 2 amide bonds. The minimum atomic E-state index is -0.791. The molecule has 0 heterocycles. The number of hydrogen-bond donors (Lipinski definition) is 5. The van der Waals surface area contributed by atoms with E-state index in [2.05, 4.69) is 15.6 Å². The van der Waals surface area contributed by atoms with Gasteiger partial charge in [-0.3, -0.25) is 14.6 Å². The third kappa shape index (κ3) is 7.59. The first-order valence-corrected chi connectivity index (χ1v) is 11.9. The van der Waals surface area contributed by atoms with Crippen molar-refractivity contribution in [2.75, 3.05) is 6.54 Å². The van der Waals surface area contributed by atoms with Gasteiger partial charge in [-0.05, 0) is 48.6 Å². The summed E-state index contributed by atoms with van der Waals surface area (Å²) >= 11 is 0. The molecule has 0 radical (unpaired) electrons. The number of amides is 2. The Balaban J connectivity index is 1.80. The Hall–Kier alpha value is -4.33. The lowest BCUT2D eigenvalue weighted by molar-refractivity contribution is -0.129. The molecule has 2 atom stereocenters. The van der Waals surface area contributed by atoms with Gasteiger partial charge in [-0.25, -0.2) is 0 Å². The molecule has 3 aromatic rings. The molecule has 7 N–H and O–H groups in total. The average molecular weight is 488 g/mol. The Morgan fingerprint density at radius 2 is 1.36 bits per heavy atom. The standard InChI is InChI=1S/C28H33N5O3/c1-19(20-14-16-23(34)17-15-20)32-26(35)24(13-8-18-31-28(29)30)33-27(36)25(21-9-4-2-5-10-21)22-11-6-3-7-12-22/h2-7,9-12,14-17,19,24-25,34H,8,13,18H2,1H3,(H,32,35)(H,33,36)(H4,29,30,31)/t19-,24+/m0/s1. The van der Waals surface area contributed by atoms with E-state index in [1.165, 1.54) is 0 Å². The fraction of sp³-hybridized carbons (Fsp3) is 0.250. The number of benzene rings is 3. The molecule has 8 nitrogen and oxygen atoms in total. The molecule has 36 heavy (non-hydrogen) atoms. The Morgan fingerprint density at radius 1 is 0.806 bits per heavy atom. The third-order valence-electron chi connectivity index (χ3n) is 5.86. The lowest BCUT2D eigenvalue weighted by Gasteiger charge is -2.24. The topological polar surface area (TPSA) is 143 Å². The molecule has 0 fully saturated rings. The van der Waals surface area contributed by atoms with E-state index in [1.807, 2.05) is 67.6 Å². The van der Waals surface area contributed by atoms with Crippen LogP contribution in [0, 0.1) is 0 Å². The van der Waals surface area contributed by atoms with E-state index in [1.54, 1.807) is 24.3 Å². The van der Waals surface area contributed by atoms with Crippen LogP contribution >= 0.6 is 0 Å². The maximum atomic E-state index is 13.6. The van der Waals surface area contributed by atoms with E-state index in [-0.39, 0.29) is 29.6 Å². The summed E-state index contributed by atoms with van der Waals surface area (Å²) in [6.45, 7) is 2.19. The fourth-order valence-electron chi connectivity index (χ4n) is 3.97. The van der Waals surface area contributed by atoms with Crippen molar-refractivity contribution in [2.24, 2.45) is 16.5 Å². The van der Waals surface area contributed by atoms with Crippen LogP contribution < -0.4 is 22.1 Å². The summed E-state index contributed by atoms with van der Waals surface area (Å²) in [5, 5.41) is 15.5. The molecule has 0 saturated heterocycles. The zero-order chi connectivity index (χ0) is 25.9. The molecule has 0 aliphatic rings. The van der Waals surface area contributed by atoms with Crippen LogP contribution in [0.1, 0.15) is 48.4 Å². The largest absolute Gasteiger partial charge is 0.508 e. The van der Waals surface area contributed by atoms with Crippen LogP contribution in [0.2, 0.25) is 0 Å². The van der Waals surface area contributed by atoms with Crippen LogP contribution in [-0.2, 0) is 9.59 Å². The van der Waals surface area contributed by atoms with Gasteiger partial charge in [0.1, 0.15) is 11.8 Å². The van der Waals surface area contributed by atoms with Gasteiger partial charge in [0.05, 0.1) is 12.0 Å². The minimum absolute atomic E-state index is 0.0193. The molecule has 0 aromatic heterocycles. The van der Waals surface area contributed by atoms with E-state index in [0.717, 1.165) is 16.7 Å². The molecule has 3 rings (SSSR count). The lowest BCUT2D eigenvalue weighted by Crippen LogP contribution is -2.48. The van der Waals surface area contributed by atoms with Crippen LogP contribution in [0.15, 0.2) is 89.9 Å². The van der Waals surface area contributed by atoms with Gasteiger partial charge < -0.3 is 27.2 Å². The Kier molecular flexibility index (Phi) is 9.45. The summed E-state index contributed by atoms with van der Waals surface area (Å²) in [7, 11) is 0. The smallest absolute Gasteiger partial charge is 0.243 e. The van der Waals surface area contributed by atoms with E-state index >= 15 is 0 Å². The highest BCUT2D eigenvalue weighted by Crippen LogP contribution is 2.25. The average Bonchev–Trinajstić information content (AvgIpc) is 2.87. The van der Waals surface area contributed by atoms with Gasteiger partial charge in [0.25, 0.3) is 0 Å². The van der Waals surface area contributed by atoms with Crippen LogP contribution in [0.25, 0.3) is 0 Å². The number of carbonyl (C=O) groups is 2. The van der Waals surface area contributed by atoms with Crippen LogP contribution in [0.3, 0.4) is 0 Å². The van der Waals surface area contributed by atoms with Crippen molar-refractivity contribution in [3.63, 3.8) is 0 Å². The van der Waals surface area contributed by atoms with Gasteiger partial charge in [-0.15, -0.1) is 0 Å². The van der Waals surface area contributed by atoms with E-state index in [0.29, 0.717) is 19.4 Å². The number of guanidine groups is 1. The number of nitrogens with zero attached hydrogens (tertiary/aromatic N) is 1. The summed E-state index contributed by atoms with van der Waals surface area (Å²) in [5.74, 6) is -1.03. The summed E-state index contributed by atoms with van der Waals surface area (Å²) in [4.78, 5) is 30.9. The van der Waals surface area contributed by atoms with Gasteiger partial charge in [0.15, 0.2) is 5.96 Å². The quantitative estimate of drug-likeness (QED) is 0.161. The normalized spacial score (nSPS) is 12.4. The molecular formula is C28H33N5O3. The zero-order valence-electron chi connectivity index (χ0n) is 20.3. The van der Waals surface area contributed by atoms with Crippen molar-refractivity contribution in [3.05, 3.63) is 102 Å². The molecule has 0 aliphatic carbocycles. The zero-order valence-corrected chi connectivity index (χ0v) is 20.3. The van der Waals surface area contributed by atoms with Gasteiger partial charge in [0.2, 0.25) is 11.8 Å². The predicted molar refractivity (Wildman–Crippen MR) is 141 cm³/mol. The van der Waals surface area contributed by atoms with Crippen molar-refractivity contribution < 1.29 is 14.7 Å². The third-order valence-corrected chi connectivity index (χ3v) is 5.86. The maximum absolute atomic E-state index is 13.6. The summed E-state index contributed by atoms with van der Waals surface area (Å²) in [5.41, 5.74) is 13.3. The van der Waals surface area contributed by atoms with Crippen LogP contribution in [-0.4, -0.2) is 35.5 Å². The number of phenolic OH excluding ortho intramolecular Hbond substituents is 1. The van der Waals surface area contributed by atoms with E-state index in [4.69, 9.17) is 11.5 Å². The minimum Gasteiger partial charge on any atom is -0.508 e. The van der Waals surface area contributed by atoms with Crippen molar-refractivity contribution in [1.29, 1.82) is 0 Å². The van der Waals surface area contributed by atoms with Gasteiger partial charge in [0, 0.05) is 6.54 Å². The van der Waals surface area contributed by atoms with Crippen molar-refractivity contribution in [2.45, 2.75) is 37.8 Å². The number of hydrogen-bond acceptors (Lipinski definition) is 4. The Labute approximate surface area is 211 Å². The maximum Gasteiger partial charge on any atom is 0.243 e. The molecule has 0 unspecified atom stereocenters. The highest BCUT2D eigenvalue weighted by Gasteiger charge is 2.28.